The summed E-state index contributed by atoms with van der Waals surface area (Å²) >= 11 is 0. The first-order chi connectivity index (χ1) is 13.0. The molecular formula is C20H27N3O4. The third-order valence-corrected chi connectivity index (χ3v) is 4.06. The number of esters is 1. The molecule has 0 aliphatic heterocycles. The lowest BCUT2D eigenvalue weighted by molar-refractivity contribution is 0.0599. The minimum Gasteiger partial charge on any atom is -0.496 e. The fourth-order valence-electron chi connectivity index (χ4n) is 2.72. The number of carbonyl (C=O) groups is 1. The van der Waals surface area contributed by atoms with Gasteiger partial charge in [0.25, 0.3) is 0 Å². The number of nitrogens with zero attached hydrogens (tertiary/aromatic N) is 2. The van der Waals surface area contributed by atoms with Crippen molar-refractivity contribution in [2.45, 2.75) is 26.9 Å². The smallest absolute Gasteiger partial charge is 0.341 e. The van der Waals surface area contributed by atoms with E-state index in [1.165, 1.54) is 7.11 Å². The van der Waals surface area contributed by atoms with Crippen LogP contribution < -0.4 is 10.1 Å². The lowest BCUT2D eigenvalue weighted by atomic mass is 10.2. The van der Waals surface area contributed by atoms with Gasteiger partial charge in [0.15, 0.2) is 5.96 Å². The number of para-hydroxylation sites is 1. The second-order valence-corrected chi connectivity index (χ2v) is 6.01. The molecule has 1 aromatic carbocycles. The number of hydrogen-bond acceptors (Lipinski definition) is 5. The van der Waals surface area contributed by atoms with Crippen molar-refractivity contribution in [3.05, 3.63) is 53.0 Å². The molecule has 0 aliphatic carbocycles. The zero-order valence-electron chi connectivity index (χ0n) is 16.5. The number of furan rings is 1. The molecular weight excluding hydrogens is 346 g/mol. The third kappa shape index (κ3) is 5.26. The lowest BCUT2D eigenvalue weighted by Crippen LogP contribution is -2.38. The Morgan fingerprint density at radius 3 is 2.70 bits per heavy atom. The summed E-state index contributed by atoms with van der Waals surface area (Å²) in [5.74, 6) is 2.29. The van der Waals surface area contributed by atoms with E-state index in [0.717, 1.165) is 23.8 Å². The van der Waals surface area contributed by atoms with Gasteiger partial charge >= 0.3 is 5.97 Å². The van der Waals surface area contributed by atoms with Crippen LogP contribution in [-0.4, -0.2) is 44.6 Å². The van der Waals surface area contributed by atoms with E-state index in [1.54, 1.807) is 20.1 Å². The third-order valence-electron chi connectivity index (χ3n) is 4.06. The van der Waals surface area contributed by atoms with Crippen LogP contribution in [0.1, 0.15) is 34.4 Å². The summed E-state index contributed by atoms with van der Waals surface area (Å²) in [6.07, 6.45) is 0. The largest absolute Gasteiger partial charge is 0.496 e. The molecule has 1 N–H and O–H groups in total. The molecule has 7 heteroatoms. The van der Waals surface area contributed by atoms with Crippen LogP contribution in [0.2, 0.25) is 0 Å². The van der Waals surface area contributed by atoms with Gasteiger partial charge in [-0.25, -0.2) is 9.79 Å². The van der Waals surface area contributed by atoms with Crippen molar-refractivity contribution in [1.82, 2.24) is 10.2 Å². The Morgan fingerprint density at radius 2 is 2.04 bits per heavy atom. The molecule has 7 nitrogen and oxygen atoms in total. The molecule has 27 heavy (non-hydrogen) atoms. The number of guanidine groups is 1. The van der Waals surface area contributed by atoms with Gasteiger partial charge in [0, 0.05) is 25.7 Å². The van der Waals surface area contributed by atoms with E-state index in [0.29, 0.717) is 30.2 Å². The molecule has 0 atom stereocenters. The second kappa shape index (κ2) is 9.66. The van der Waals surface area contributed by atoms with Crippen LogP contribution in [0.25, 0.3) is 0 Å². The Kier molecular flexibility index (Phi) is 7.28. The highest BCUT2D eigenvalue weighted by molar-refractivity contribution is 5.90. The van der Waals surface area contributed by atoms with Gasteiger partial charge in [0.05, 0.1) is 14.2 Å². The summed E-state index contributed by atoms with van der Waals surface area (Å²) in [5.41, 5.74) is 1.49. The number of carbonyl (C=O) groups excluding carboxylic acids is 1. The summed E-state index contributed by atoms with van der Waals surface area (Å²) in [7, 11) is 4.97. The molecule has 0 saturated carbocycles. The van der Waals surface area contributed by atoms with Gasteiger partial charge in [-0.05, 0) is 26.0 Å². The van der Waals surface area contributed by atoms with Crippen LogP contribution in [0.5, 0.6) is 5.75 Å². The van der Waals surface area contributed by atoms with Crippen LogP contribution in [0, 0.1) is 6.92 Å². The van der Waals surface area contributed by atoms with Crippen molar-refractivity contribution >= 4 is 11.9 Å². The molecule has 1 aromatic heterocycles. The van der Waals surface area contributed by atoms with E-state index in [4.69, 9.17) is 13.9 Å². The molecule has 0 amide bonds. The van der Waals surface area contributed by atoms with E-state index >= 15 is 0 Å². The van der Waals surface area contributed by atoms with Gasteiger partial charge in [-0.2, -0.15) is 0 Å². The monoisotopic (exact) mass is 373 g/mol. The number of aryl methyl sites for hydroxylation is 1. The van der Waals surface area contributed by atoms with Crippen LogP contribution in [0.3, 0.4) is 0 Å². The molecule has 146 valence electrons. The van der Waals surface area contributed by atoms with Crippen LogP contribution in [0.15, 0.2) is 39.7 Å². The summed E-state index contributed by atoms with van der Waals surface area (Å²) in [6, 6.07) is 9.56. The highest BCUT2D eigenvalue weighted by Crippen LogP contribution is 2.19. The van der Waals surface area contributed by atoms with Gasteiger partial charge in [0.1, 0.15) is 29.4 Å². The number of ether oxygens (including phenoxy) is 2. The highest BCUT2D eigenvalue weighted by Gasteiger charge is 2.16. The molecule has 0 unspecified atom stereocenters. The first-order valence-corrected chi connectivity index (χ1v) is 8.79. The van der Waals surface area contributed by atoms with E-state index in [-0.39, 0.29) is 0 Å². The maximum Gasteiger partial charge on any atom is 0.341 e. The Bertz CT molecular complexity index is 798. The van der Waals surface area contributed by atoms with Crippen molar-refractivity contribution in [3.63, 3.8) is 0 Å². The number of methoxy groups -OCH3 is 2. The van der Waals surface area contributed by atoms with E-state index in [9.17, 15) is 4.79 Å². The summed E-state index contributed by atoms with van der Waals surface area (Å²) in [5, 5.41) is 3.27. The molecule has 1 heterocycles. The summed E-state index contributed by atoms with van der Waals surface area (Å²) in [4.78, 5) is 18.3. The Balaban J connectivity index is 2.15. The predicted molar refractivity (Wildman–Crippen MR) is 104 cm³/mol. The molecule has 0 aliphatic rings. The molecule has 2 rings (SSSR count). The zero-order valence-corrected chi connectivity index (χ0v) is 16.5. The molecule has 0 radical (unpaired) electrons. The summed E-state index contributed by atoms with van der Waals surface area (Å²) < 4.78 is 15.8. The van der Waals surface area contributed by atoms with Crippen molar-refractivity contribution in [1.29, 1.82) is 0 Å². The summed E-state index contributed by atoms with van der Waals surface area (Å²) in [6.45, 7) is 5.44. The van der Waals surface area contributed by atoms with Crippen LogP contribution in [0.4, 0.5) is 0 Å². The minimum atomic E-state index is -0.410. The van der Waals surface area contributed by atoms with E-state index in [1.807, 2.05) is 43.1 Å². The second-order valence-electron chi connectivity index (χ2n) is 6.01. The van der Waals surface area contributed by atoms with Gasteiger partial charge < -0.3 is 24.1 Å². The highest BCUT2D eigenvalue weighted by atomic mass is 16.5. The van der Waals surface area contributed by atoms with Crippen molar-refractivity contribution in [3.8, 4) is 5.75 Å². The number of nitrogens with one attached hydrogen (secondary N) is 1. The number of aliphatic imine (C=N–C) groups is 1. The zero-order chi connectivity index (χ0) is 19.8. The van der Waals surface area contributed by atoms with Gasteiger partial charge in [0.2, 0.25) is 0 Å². The molecule has 0 bridgehead atoms. The first kappa shape index (κ1) is 20.4. The first-order valence-electron chi connectivity index (χ1n) is 8.79. The maximum atomic E-state index is 11.7. The number of rotatable bonds is 7. The normalized spacial score (nSPS) is 11.2. The van der Waals surface area contributed by atoms with Crippen molar-refractivity contribution < 1.29 is 18.7 Å². The predicted octanol–water partition coefficient (Wildman–Crippen LogP) is 2.98. The van der Waals surface area contributed by atoms with Crippen LogP contribution >= 0.6 is 0 Å². The number of hydrogen-bond donors (Lipinski definition) is 1. The van der Waals surface area contributed by atoms with E-state index < -0.39 is 5.97 Å². The van der Waals surface area contributed by atoms with Crippen molar-refractivity contribution in [2.75, 3.05) is 27.8 Å². The van der Waals surface area contributed by atoms with E-state index in [2.05, 4.69) is 10.3 Å². The average molecular weight is 373 g/mol. The lowest BCUT2D eigenvalue weighted by Gasteiger charge is -2.23. The van der Waals surface area contributed by atoms with Crippen LogP contribution in [-0.2, 0) is 17.8 Å². The van der Waals surface area contributed by atoms with Gasteiger partial charge in [-0.3, -0.25) is 0 Å². The standard InChI is InChI=1S/C20H27N3O4/c1-6-21-20(23(3)13-15-9-7-8-10-18(15)25-4)22-12-16-11-17(14(2)27-16)19(24)26-5/h7-11H,6,12-13H2,1-5H3,(H,21,22). The fraction of sp³-hybridized carbons (Fsp3) is 0.400. The molecule has 2 aromatic rings. The average Bonchev–Trinajstić information content (AvgIpc) is 3.05. The Hall–Kier alpha value is -2.96. The SMILES string of the molecule is CCNC(=NCc1cc(C(=O)OC)c(C)o1)N(C)Cc1ccccc1OC. The van der Waals surface area contributed by atoms with Crippen molar-refractivity contribution in [2.24, 2.45) is 4.99 Å². The Morgan fingerprint density at radius 1 is 1.30 bits per heavy atom. The van der Waals surface area contributed by atoms with Gasteiger partial charge in [-0.1, -0.05) is 18.2 Å². The molecule has 0 spiro atoms. The molecule has 0 saturated heterocycles. The molecule has 0 fully saturated rings. The quantitative estimate of drug-likeness (QED) is 0.457. The Labute approximate surface area is 160 Å². The van der Waals surface area contributed by atoms with Gasteiger partial charge in [-0.15, -0.1) is 0 Å². The fourth-order valence-corrected chi connectivity index (χ4v) is 2.72. The maximum absolute atomic E-state index is 11.7. The minimum absolute atomic E-state index is 0.316. The topological polar surface area (TPSA) is 76.3 Å². The number of benzene rings is 1.